The van der Waals surface area contributed by atoms with Crippen LogP contribution < -0.4 is 4.90 Å². The van der Waals surface area contributed by atoms with Gasteiger partial charge in [-0.1, -0.05) is 30.3 Å². The minimum atomic E-state index is -0.872. The first kappa shape index (κ1) is 19.6. The van der Waals surface area contributed by atoms with Gasteiger partial charge in [-0.15, -0.1) is 0 Å². The molecule has 0 aliphatic carbocycles. The summed E-state index contributed by atoms with van der Waals surface area (Å²) in [6.07, 6.45) is 1.83. The van der Waals surface area contributed by atoms with Crippen molar-refractivity contribution in [3.8, 4) is 0 Å². The van der Waals surface area contributed by atoms with Crippen LogP contribution in [0.5, 0.6) is 0 Å². The molecule has 30 heavy (non-hydrogen) atoms. The number of halogens is 2. The molecule has 6 heteroatoms. The van der Waals surface area contributed by atoms with Crippen molar-refractivity contribution in [1.29, 1.82) is 0 Å². The van der Waals surface area contributed by atoms with Gasteiger partial charge in [0.25, 0.3) is 0 Å². The third-order valence-corrected chi connectivity index (χ3v) is 5.13. The molecule has 0 radical (unpaired) electrons. The maximum atomic E-state index is 14.2. The second-order valence-corrected chi connectivity index (χ2v) is 7.19. The van der Waals surface area contributed by atoms with Crippen LogP contribution in [0.1, 0.15) is 11.1 Å². The monoisotopic (exact) mass is 406 g/mol. The van der Waals surface area contributed by atoms with E-state index in [1.54, 1.807) is 11.9 Å². The van der Waals surface area contributed by atoms with E-state index in [1.165, 1.54) is 12.1 Å². The maximum Gasteiger partial charge on any atom is 0.307 e. The first-order valence-corrected chi connectivity index (χ1v) is 9.48. The Morgan fingerprint density at radius 3 is 2.60 bits per heavy atom. The van der Waals surface area contributed by atoms with Crippen molar-refractivity contribution in [2.45, 2.75) is 13.0 Å². The molecule has 0 saturated carbocycles. The number of aliphatic carboxylic acids is 1. The number of aromatic nitrogens is 1. The molecular formula is C24H20F2N2O2. The molecule has 0 spiro atoms. The Kier molecular flexibility index (Phi) is 5.23. The molecule has 4 aromatic rings. The molecule has 152 valence electrons. The maximum absolute atomic E-state index is 14.2. The van der Waals surface area contributed by atoms with Crippen molar-refractivity contribution in [2.24, 2.45) is 0 Å². The Morgan fingerprint density at radius 1 is 1.03 bits per heavy atom. The molecule has 3 aromatic carbocycles. The van der Waals surface area contributed by atoms with Crippen molar-refractivity contribution in [3.05, 3.63) is 95.7 Å². The lowest BCUT2D eigenvalue weighted by Gasteiger charge is -2.21. The lowest BCUT2D eigenvalue weighted by atomic mass is 10.1. The average molecular weight is 406 g/mol. The fraction of sp³-hybridized carbons (Fsp3) is 0.125. The zero-order valence-electron chi connectivity index (χ0n) is 16.3. The third kappa shape index (κ3) is 3.89. The van der Waals surface area contributed by atoms with Crippen LogP contribution in [-0.4, -0.2) is 22.7 Å². The van der Waals surface area contributed by atoms with Crippen LogP contribution in [0.4, 0.5) is 20.2 Å². The lowest BCUT2D eigenvalue weighted by Crippen LogP contribution is -2.12. The lowest BCUT2D eigenvalue weighted by molar-refractivity contribution is -0.136. The number of anilines is 2. The number of carboxylic acids is 1. The van der Waals surface area contributed by atoms with E-state index in [1.807, 2.05) is 59.3 Å². The summed E-state index contributed by atoms with van der Waals surface area (Å²) < 4.78 is 29.4. The molecule has 1 aromatic heterocycles. The van der Waals surface area contributed by atoms with E-state index < -0.39 is 17.6 Å². The summed E-state index contributed by atoms with van der Waals surface area (Å²) in [5.74, 6) is -2.12. The number of nitrogens with zero attached hydrogens (tertiary/aromatic N) is 2. The number of benzene rings is 3. The number of carboxylic acid groups (broad SMARTS) is 1. The number of fused-ring (bicyclic) bond motifs is 1. The molecule has 4 rings (SSSR count). The van der Waals surface area contributed by atoms with Crippen molar-refractivity contribution in [2.75, 3.05) is 11.9 Å². The fourth-order valence-electron chi connectivity index (χ4n) is 3.71. The van der Waals surface area contributed by atoms with Gasteiger partial charge in [0.05, 0.1) is 12.1 Å². The fourth-order valence-corrected chi connectivity index (χ4v) is 3.71. The van der Waals surface area contributed by atoms with Gasteiger partial charge < -0.3 is 14.6 Å². The summed E-state index contributed by atoms with van der Waals surface area (Å²) in [6.45, 7) is 0.535. The van der Waals surface area contributed by atoms with Crippen molar-refractivity contribution < 1.29 is 18.7 Å². The minimum absolute atomic E-state index is 0.0415. The Bertz CT molecular complexity index is 1230. The number of para-hydroxylation sites is 1. The number of hydrogen-bond donors (Lipinski definition) is 1. The van der Waals surface area contributed by atoms with Crippen molar-refractivity contribution in [3.63, 3.8) is 0 Å². The molecule has 0 saturated heterocycles. The number of rotatable bonds is 6. The molecule has 0 atom stereocenters. The molecule has 4 nitrogen and oxygen atoms in total. The third-order valence-electron chi connectivity index (χ3n) is 5.13. The van der Waals surface area contributed by atoms with Gasteiger partial charge >= 0.3 is 5.97 Å². The number of hydrogen-bond acceptors (Lipinski definition) is 2. The second kappa shape index (κ2) is 7.99. The van der Waals surface area contributed by atoms with E-state index >= 15 is 0 Å². The summed E-state index contributed by atoms with van der Waals surface area (Å²) >= 11 is 0. The zero-order chi connectivity index (χ0) is 21.3. The predicted octanol–water partition coefficient (Wildman–Crippen LogP) is 5.36. The summed E-state index contributed by atoms with van der Waals surface area (Å²) in [7, 11) is 1.73. The normalized spacial score (nSPS) is 11.0. The van der Waals surface area contributed by atoms with Crippen LogP contribution >= 0.6 is 0 Å². The van der Waals surface area contributed by atoms with Crippen molar-refractivity contribution >= 4 is 28.2 Å². The molecule has 1 heterocycles. The molecule has 0 fully saturated rings. The molecule has 1 N–H and O–H groups in total. The minimum Gasteiger partial charge on any atom is -0.481 e. The van der Waals surface area contributed by atoms with Gasteiger partial charge in [-0.3, -0.25) is 4.79 Å². The summed E-state index contributed by atoms with van der Waals surface area (Å²) in [4.78, 5) is 12.9. The highest BCUT2D eigenvalue weighted by molar-refractivity contribution is 5.87. The highest BCUT2D eigenvalue weighted by Gasteiger charge is 2.13. The topological polar surface area (TPSA) is 45.5 Å². The van der Waals surface area contributed by atoms with Crippen LogP contribution in [0.15, 0.2) is 72.9 Å². The first-order valence-electron chi connectivity index (χ1n) is 9.48. The first-order chi connectivity index (χ1) is 14.4. The van der Waals surface area contributed by atoms with E-state index in [0.717, 1.165) is 33.8 Å². The smallest absolute Gasteiger partial charge is 0.307 e. The van der Waals surface area contributed by atoms with Gasteiger partial charge in [0.2, 0.25) is 0 Å². The van der Waals surface area contributed by atoms with Crippen LogP contribution in [0, 0.1) is 11.6 Å². The Labute approximate surface area is 172 Å². The molecule has 0 aliphatic heterocycles. The predicted molar refractivity (Wildman–Crippen MR) is 113 cm³/mol. The van der Waals surface area contributed by atoms with Gasteiger partial charge in [-0.2, -0.15) is 0 Å². The van der Waals surface area contributed by atoms with E-state index in [4.69, 9.17) is 0 Å². The summed E-state index contributed by atoms with van der Waals surface area (Å²) in [5.41, 5.74) is 3.74. The van der Waals surface area contributed by atoms with Crippen LogP contribution in [0.2, 0.25) is 0 Å². The van der Waals surface area contributed by atoms with Gasteiger partial charge in [-0.25, -0.2) is 8.78 Å². The van der Waals surface area contributed by atoms with Crippen LogP contribution in [0.3, 0.4) is 0 Å². The van der Waals surface area contributed by atoms with Gasteiger partial charge in [-0.05, 0) is 41.5 Å². The molecule has 0 unspecified atom stereocenters. The SMILES string of the molecule is CN(c1cccc(Cn2cc(CC(=O)O)c3ccccc32)c1)c1ccc(F)cc1F. The molecule has 0 bridgehead atoms. The largest absolute Gasteiger partial charge is 0.481 e. The summed E-state index contributed by atoms with van der Waals surface area (Å²) in [5, 5.41) is 10.1. The Morgan fingerprint density at radius 2 is 1.83 bits per heavy atom. The zero-order valence-corrected chi connectivity index (χ0v) is 16.3. The molecule has 0 aliphatic rings. The second-order valence-electron chi connectivity index (χ2n) is 7.19. The van der Waals surface area contributed by atoms with Crippen LogP contribution in [-0.2, 0) is 17.8 Å². The summed E-state index contributed by atoms with van der Waals surface area (Å²) in [6, 6.07) is 18.8. The van der Waals surface area contributed by atoms with E-state index in [0.29, 0.717) is 6.54 Å². The highest BCUT2D eigenvalue weighted by Crippen LogP contribution is 2.28. The van der Waals surface area contributed by atoms with Gasteiger partial charge in [0.1, 0.15) is 11.6 Å². The van der Waals surface area contributed by atoms with Crippen molar-refractivity contribution in [1.82, 2.24) is 4.57 Å². The van der Waals surface area contributed by atoms with E-state index in [-0.39, 0.29) is 12.1 Å². The number of carbonyl (C=O) groups is 1. The quantitative estimate of drug-likeness (QED) is 0.469. The average Bonchev–Trinajstić information content (AvgIpc) is 3.04. The Hall–Kier alpha value is -3.67. The Balaban J connectivity index is 1.66. The van der Waals surface area contributed by atoms with Crippen LogP contribution in [0.25, 0.3) is 10.9 Å². The molecule has 0 amide bonds. The standard InChI is InChI=1S/C24H20F2N2O2/c1-27(23-10-9-18(25)13-21(23)26)19-6-4-5-16(11-19)14-28-15-17(12-24(29)30)20-7-2-3-8-22(20)28/h2-11,13,15H,12,14H2,1H3,(H,29,30). The highest BCUT2D eigenvalue weighted by atomic mass is 19.1. The molecular weight excluding hydrogens is 386 g/mol. The van der Waals surface area contributed by atoms with Gasteiger partial charge in [0, 0.05) is 42.4 Å². The van der Waals surface area contributed by atoms with E-state index in [9.17, 15) is 18.7 Å². The van der Waals surface area contributed by atoms with E-state index in [2.05, 4.69) is 0 Å². The van der Waals surface area contributed by atoms with Gasteiger partial charge in [0.15, 0.2) is 0 Å².